The summed E-state index contributed by atoms with van der Waals surface area (Å²) in [6, 6.07) is 0. The van der Waals surface area contributed by atoms with Gasteiger partial charge < -0.3 is 5.11 Å². The molecule has 16 heavy (non-hydrogen) atoms. The summed E-state index contributed by atoms with van der Waals surface area (Å²) in [5.74, 6) is -0.461. The van der Waals surface area contributed by atoms with E-state index in [4.69, 9.17) is 5.11 Å². The molecule has 2 heterocycles. The lowest BCUT2D eigenvalue weighted by Crippen LogP contribution is -2.04. The van der Waals surface area contributed by atoms with Crippen LogP contribution in [0.2, 0.25) is 0 Å². The Morgan fingerprint density at radius 3 is 2.75 bits per heavy atom. The van der Waals surface area contributed by atoms with E-state index >= 15 is 0 Å². The summed E-state index contributed by atoms with van der Waals surface area (Å²) in [5, 5.41) is 12.7. The highest BCUT2D eigenvalue weighted by atomic mass is 16.4. The lowest BCUT2D eigenvalue weighted by Gasteiger charge is -2.03. The van der Waals surface area contributed by atoms with Crippen molar-refractivity contribution in [2.24, 2.45) is 0 Å². The van der Waals surface area contributed by atoms with Gasteiger partial charge in [-0.15, -0.1) is 0 Å². The largest absolute Gasteiger partial charge is 0.478 e. The molecule has 0 aliphatic carbocycles. The van der Waals surface area contributed by atoms with Crippen LogP contribution in [-0.2, 0) is 0 Å². The topological polar surface area (TPSA) is 80.9 Å². The minimum absolute atomic E-state index is 0.128. The zero-order valence-corrected chi connectivity index (χ0v) is 8.88. The Morgan fingerprint density at radius 1 is 1.38 bits per heavy atom. The molecule has 82 valence electrons. The van der Waals surface area contributed by atoms with E-state index in [1.165, 1.54) is 17.1 Å². The zero-order chi connectivity index (χ0) is 11.7. The van der Waals surface area contributed by atoms with Crippen molar-refractivity contribution in [3.63, 3.8) is 0 Å². The summed E-state index contributed by atoms with van der Waals surface area (Å²) >= 11 is 0. The molecule has 0 aliphatic heterocycles. The average molecular weight is 218 g/mol. The Labute approximate surface area is 91.6 Å². The first kappa shape index (κ1) is 10.3. The number of carboxylic acids is 1. The predicted octanol–water partition coefficient (Wildman–Crippen LogP) is 0.977. The molecular weight excluding hydrogens is 208 g/mol. The molecule has 0 radical (unpaired) electrons. The summed E-state index contributed by atoms with van der Waals surface area (Å²) in [6.07, 6.45) is 4.35. The van der Waals surface area contributed by atoms with Crippen molar-refractivity contribution in [1.29, 1.82) is 0 Å². The van der Waals surface area contributed by atoms with E-state index < -0.39 is 5.97 Å². The Kier molecular flexibility index (Phi) is 2.40. The van der Waals surface area contributed by atoms with E-state index in [0.717, 1.165) is 5.69 Å². The van der Waals surface area contributed by atoms with Gasteiger partial charge in [-0.1, -0.05) is 0 Å². The Bertz CT molecular complexity index is 548. The minimum Gasteiger partial charge on any atom is -0.478 e. The third-order valence-electron chi connectivity index (χ3n) is 2.10. The van der Waals surface area contributed by atoms with Gasteiger partial charge in [0.05, 0.1) is 23.1 Å². The standard InChI is InChI=1S/C10H10N4O2/c1-6-3-11-7(2)9(13-6)14-5-8(4-12-14)10(15)16/h3-5H,1-2H3,(H,15,16). The predicted molar refractivity (Wildman–Crippen MR) is 55.6 cm³/mol. The van der Waals surface area contributed by atoms with Crippen molar-refractivity contribution < 1.29 is 9.90 Å². The molecule has 0 saturated carbocycles. The van der Waals surface area contributed by atoms with E-state index in [-0.39, 0.29) is 5.56 Å². The van der Waals surface area contributed by atoms with Crippen molar-refractivity contribution in [3.8, 4) is 5.82 Å². The van der Waals surface area contributed by atoms with E-state index in [2.05, 4.69) is 15.1 Å². The van der Waals surface area contributed by atoms with Crippen LogP contribution in [0.15, 0.2) is 18.6 Å². The van der Waals surface area contributed by atoms with Gasteiger partial charge in [0, 0.05) is 12.4 Å². The van der Waals surface area contributed by atoms with Crippen LogP contribution in [0.25, 0.3) is 5.82 Å². The molecule has 2 aromatic rings. The van der Waals surface area contributed by atoms with Gasteiger partial charge in [-0.25, -0.2) is 14.5 Å². The highest BCUT2D eigenvalue weighted by molar-refractivity contribution is 5.86. The molecule has 0 spiro atoms. The first-order valence-corrected chi connectivity index (χ1v) is 4.66. The molecule has 0 aliphatic rings. The van der Waals surface area contributed by atoms with Gasteiger partial charge in [-0.2, -0.15) is 5.10 Å². The number of aromatic nitrogens is 4. The fraction of sp³-hybridized carbons (Fsp3) is 0.200. The maximum atomic E-state index is 10.7. The first-order chi connectivity index (χ1) is 7.58. The van der Waals surface area contributed by atoms with Crippen LogP contribution in [0, 0.1) is 13.8 Å². The van der Waals surface area contributed by atoms with Gasteiger partial charge >= 0.3 is 5.97 Å². The highest BCUT2D eigenvalue weighted by Gasteiger charge is 2.10. The van der Waals surface area contributed by atoms with E-state index in [1.807, 2.05) is 6.92 Å². The van der Waals surface area contributed by atoms with Gasteiger partial charge in [-0.3, -0.25) is 4.98 Å². The van der Waals surface area contributed by atoms with Crippen molar-refractivity contribution in [2.75, 3.05) is 0 Å². The van der Waals surface area contributed by atoms with Crippen molar-refractivity contribution in [3.05, 3.63) is 35.5 Å². The summed E-state index contributed by atoms with van der Waals surface area (Å²) in [4.78, 5) is 19.1. The van der Waals surface area contributed by atoms with Crippen LogP contribution in [0.4, 0.5) is 0 Å². The number of hydrogen-bond acceptors (Lipinski definition) is 4. The second kappa shape index (κ2) is 3.73. The van der Waals surface area contributed by atoms with E-state index in [1.54, 1.807) is 13.1 Å². The van der Waals surface area contributed by atoms with Crippen molar-refractivity contribution in [1.82, 2.24) is 19.7 Å². The third-order valence-corrected chi connectivity index (χ3v) is 2.10. The number of carbonyl (C=O) groups is 1. The minimum atomic E-state index is -1.01. The molecule has 0 unspecified atom stereocenters. The average Bonchev–Trinajstić information content (AvgIpc) is 2.70. The maximum absolute atomic E-state index is 10.7. The highest BCUT2D eigenvalue weighted by Crippen LogP contribution is 2.09. The molecule has 0 fully saturated rings. The first-order valence-electron chi connectivity index (χ1n) is 4.66. The molecule has 1 N–H and O–H groups in total. The third kappa shape index (κ3) is 1.77. The van der Waals surface area contributed by atoms with Crippen LogP contribution in [0.5, 0.6) is 0 Å². The van der Waals surface area contributed by atoms with Gasteiger partial charge in [0.25, 0.3) is 0 Å². The van der Waals surface area contributed by atoms with Gasteiger partial charge in [0.2, 0.25) is 0 Å². The maximum Gasteiger partial charge on any atom is 0.338 e. The molecule has 0 saturated heterocycles. The monoisotopic (exact) mass is 218 g/mol. The van der Waals surface area contributed by atoms with E-state index in [9.17, 15) is 4.79 Å². The molecule has 2 aromatic heterocycles. The summed E-state index contributed by atoms with van der Waals surface area (Å²) < 4.78 is 1.42. The van der Waals surface area contributed by atoms with Crippen molar-refractivity contribution >= 4 is 5.97 Å². The number of aromatic carboxylic acids is 1. The fourth-order valence-corrected chi connectivity index (χ4v) is 1.29. The van der Waals surface area contributed by atoms with Crippen LogP contribution in [-0.4, -0.2) is 30.8 Å². The number of hydrogen-bond donors (Lipinski definition) is 1. The lowest BCUT2D eigenvalue weighted by atomic mass is 10.4. The van der Waals surface area contributed by atoms with Gasteiger partial charge in [-0.05, 0) is 13.8 Å². The molecular formula is C10H10N4O2. The molecule has 6 heteroatoms. The fourth-order valence-electron chi connectivity index (χ4n) is 1.29. The van der Waals surface area contributed by atoms with E-state index in [0.29, 0.717) is 11.5 Å². The normalized spacial score (nSPS) is 10.4. The summed E-state index contributed by atoms with van der Waals surface area (Å²) in [7, 11) is 0. The molecule has 0 bridgehead atoms. The van der Waals surface area contributed by atoms with Crippen LogP contribution in [0.1, 0.15) is 21.7 Å². The summed E-state index contributed by atoms with van der Waals surface area (Å²) in [6.45, 7) is 3.61. The smallest absolute Gasteiger partial charge is 0.338 e. The Hall–Kier alpha value is -2.24. The molecule has 0 atom stereocenters. The number of nitrogens with zero attached hydrogens (tertiary/aromatic N) is 4. The second-order valence-corrected chi connectivity index (χ2v) is 3.40. The van der Waals surface area contributed by atoms with Gasteiger partial charge in [0.15, 0.2) is 5.82 Å². The summed E-state index contributed by atoms with van der Waals surface area (Å²) in [5.41, 5.74) is 1.58. The van der Waals surface area contributed by atoms with Gasteiger partial charge in [0.1, 0.15) is 0 Å². The Morgan fingerprint density at radius 2 is 2.12 bits per heavy atom. The van der Waals surface area contributed by atoms with Crippen LogP contribution >= 0.6 is 0 Å². The van der Waals surface area contributed by atoms with Crippen LogP contribution < -0.4 is 0 Å². The second-order valence-electron chi connectivity index (χ2n) is 3.40. The lowest BCUT2D eigenvalue weighted by molar-refractivity contribution is 0.0697. The van der Waals surface area contributed by atoms with Crippen LogP contribution in [0.3, 0.4) is 0 Å². The Balaban J connectivity index is 2.50. The zero-order valence-electron chi connectivity index (χ0n) is 8.88. The van der Waals surface area contributed by atoms with Crippen molar-refractivity contribution in [2.45, 2.75) is 13.8 Å². The number of carboxylic acid groups (broad SMARTS) is 1. The SMILES string of the molecule is Cc1cnc(C)c(-n2cc(C(=O)O)cn2)n1. The number of rotatable bonds is 2. The quantitative estimate of drug-likeness (QED) is 0.812. The molecule has 0 aromatic carbocycles. The molecule has 2 rings (SSSR count). The molecule has 0 amide bonds. The molecule has 6 nitrogen and oxygen atoms in total. The number of aryl methyl sites for hydroxylation is 2.